The number of nitrogens with one attached hydrogen (secondary N) is 1. The first-order valence-electron chi connectivity index (χ1n) is 11.1. The minimum Gasteiger partial charge on any atom is -0.478 e. The van der Waals surface area contributed by atoms with Crippen LogP contribution < -0.4 is 15.2 Å². The van der Waals surface area contributed by atoms with Crippen molar-refractivity contribution in [3.05, 3.63) is 47.7 Å². The van der Waals surface area contributed by atoms with Gasteiger partial charge >= 0.3 is 5.97 Å². The standard InChI is InChI=1S/C23H25N7O3/c31-20(32)17-7-5-6-16(14-17)19-9-8-18(33-19)15-24-28-21-25-22(29-10-1-2-11-29)27-23(26-21)30-12-3-4-13-30/h5-9,14-15H,1-4,10-13H2,(H,31,32)(H,25,26,27,28). The van der Waals surface area contributed by atoms with Crippen LogP contribution in [0.2, 0.25) is 0 Å². The Balaban J connectivity index is 1.32. The summed E-state index contributed by atoms with van der Waals surface area (Å²) in [4.78, 5) is 29.4. The smallest absolute Gasteiger partial charge is 0.335 e. The van der Waals surface area contributed by atoms with Crippen LogP contribution in [0.4, 0.5) is 17.8 Å². The zero-order valence-corrected chi connectivity index (χ0v) is 18.1. The molecule has 4 heterocycles. The number of hydrogen-bond donors (Lipinski definition) is 2. The number of aromatic carboxylic acids is 1. The van der Waals surface area contributed by atoms with E-state index in [1.54, 1.807) is 42.6 Å². The Hall–Kier alpha value is -3.95. The molecule has 2 saturated heterocycles. The lowest BCUT2D eigenvalue weighted by molar-refractivity contribution is 0.0697. The second-order valence-corrected chi connectivity index (χ2v) is 8.11. The third kappa shape index (κ3) is 4.79. The van der Waals surface area contributed by atoms with Crippen molar-refractivity contribution in [3.8, 4) is 11.3 Å². The monoisotopic (exact) mass is 447 g/mol. The highest BCUT2D eigenvalue weighted by Gasteiger charge is 2.21. The number of carboxylic acid groups (broad SMARTS) is 1. The lowest BCUT2D eigenvalue weighted by Crippen LogP contribution is -2.25. The lowest BCUT2D eigenvalue weighted by atomic mass is 10.1. The number of hydrogen-bond acceptors (Lipinski definition) is 9. The van der Waals surface area contributed by atoms with Crippen molar-refractivity contribution in [1.29, 1.82) is 0 Å². The van der Waals surface area contributed by atoms with Crippen LogP contribution in [0.15, 0.2) is 45.9 Å². The molecule has 0 bridgehead atoms. The summed E-state index contributed by atoms with van der Waals surface area (Å²) in [6, 6.07) is 10.2. The van der Waals surface area contributed by atoms with Gasteiger partial charge in [0.05, 0.1) is 11.8 Å². The number of aromatic nitrogens is 3. The highest BCUT2D eigenvalue weighted by atomic mass is 16.4. The first-order valence-corrected chi connectivity index (χ1v) is 11.1. The number of benzene rings is 1. The summed E-state index contributed by atoms with van der Waals surface area (Å²) < 4.78 is 5.80. The van der Waals surface area contributed by atoms with E-state index in [4.69, 9.17) is 9.40 Å². The Morgan fingerprint density at radius 1 is 0.970 bits per heavy atom. The third-order valence-electron chi connectivity index (χ3n) is 5.77. The van der Waals surface area contributed by atoms with Crippen molar-refractivity contribution < 1.29 is 14.3 Å². The molecule has 5 rings (SSSR count). The van der Waals surface area contributed by atoms with Gasteiger partial charge in [-0.05, 0) is 49.9 Å². The Kier molecular flexibility index (Phi) is 5.88. The van der Waals surface area contributed by atoms with Crippen LogP contribution in [0, 0.1) is 0 Å². The molecule has 0 spiro atoms. The molecule has 2 aromatic heterocycles. The average Bonchev–Trinajstić information content (AvgIpc) is 3.62. The highest BCUT2D eigenvalue weighted by molar-refractivity contribution is 5.89. The maximum atomic E-state index is 11.2. The van der Waals surface area contributed by atoms with E-state index in [0.29, 0.717) is 34.9 Å². The van der Waals surface area contributed by atoms with Crippen molar-refractivity contribution in [1.82, 2.24) is 15.0 Å². The zero-order chi connectivity index (χ0) is 22.6. The predicted octanol–water partition coefficient (Wildman–Crippen LogP) is 3.48. The Morgan fingerprint density at radius 3 is 2.27 bits per heavy atom. The molecule has 33 heavy (non-hydrogen) atoms. The van der Waals surface area contributed by atoms with Crippen LogP contribution in [0.3, 0.4) is 0 Å². The molecule has 0 saturated carbocycles. The van der Waals surface area contributed by atoms with Crippen LogP contribution in [-0.2, 0) is 0 Å². The SMILES string of the molecule is O=C(O)c1cccc(-c2ccc(C=NNc3nc(N4CCCC4)nc(N4CCCC4)n3)o2)c1. The van der Waals surface area contributed by atoms with Crippen molar-refractivity contribution in [3.63, 3.8) is 0 Å². The quantitative estimate of drug-likeness (QED) is 0.414. The first-order chi connectivity index (χ1) is 16.2. The van der Waals surface area contributed by atoms with E-state index in [9.17, 15) is 9.90 Å². The van der Waals surface area contributed by atoms with Gasteiger partial charge in [0, 0.05) is 31.7 Å². The minimum atomic E-state index is -0.978. The van der Waals surface area contributed by atoms with Crippen LogP contribution in [0.1, 0.15) is 41.8 Å². The van der Waals surface area contributed by atoms with Crippen LogP contribution in [0.25, 0.3) is 11.3 Å². The molecule has 1 aromatic carbocycles. The van der Waals surface area contributed by atoms with Gasteiger partial charge in [-0.2, -0.15) is 20.1 Å². The number of carbonyl (C=O) groups is 1. The number of nitrogens with zero attached hydrogens (tertiary/aromatic N) is 6. The summed E-state index contributed by atoms with van der Waals surface area (Å²) in [6.45, 7) is 3.80. The van der Waals surface area contributed by atoms with E-state index in [1.165, 1.54) is 0 Å². The summed E-state index contributed by atoms with van der Waals surface area (Å²) in [6.07, 6.45) is 6.10. The molecule has 0 unspecified atom stereocenters. The second kappa shape index (κ2) is 9.27. The predicted molar refractivity (Wildman–Crippen MR) is 125 cm³/mol. The number of furan rings is 1. The summed E-state index contributed by atoms with van der Waals surface area (Å²) in [7, 11) is 0. The van der Waals surface area contributed by atoms with Gasteiger partial charge in [0.1, 0.15) is 11.5 Å². The van der Waals surface area contributed by atoms with E-state index in [0.717, 1.165) is 51.9 Å². The van der Waals surface area contributed by atoms with E-state index in [1.807, 2.05) is 0 Å². The number of hydrazone groups is 1. The highest BCUT2D eigenvalue weighted by Crippen LogP contribution is 2.24. The van der Waals surface area contributed by atoms with Gasteiger partial charge in [0.15, 0.2) is 0 Å². The van der Waals surface area contributed by atoms with Crippen LogP contribution in [0.5, 0.6) is 0 Å². The van der Waals surface area contributed by atoms with Crippen molar-refractivity contribution in [2.75, 3.05) is 41.4 Å². The van der Waals surface area contributed by atoms with E-state index < -0.39 is 5.97 Å². The van der Waals surface area contributed by atoms with Crippen LogP contribution in [-0.4, -0.2) is 58.4 Å². The molecule has 2 aliphatic heterocycles. The molecule has 0 atom stereocenters. The Morgan fingerprint density at radius 2 is 1.64 bits per heavy atom. The fraction of sp³-hybridized carbons (Fsp3) is 0.348. The minimum absolute atomic E-state index is 0.207. The molecule has 170 valence electrons. The largest absolute Gasteiger partial charge is 0.478 e. The van der Waals surface area contributed by atoms with Crippen molar-refractivity contribution >= 4 is 30.0 Å². The van der Waals surface area contributed by atoms with Crippen molar-refractivity contribution in [2.24, 2.45) is 5.10 Å². The van der Waals surface area contributed by atoms with Gasteiger partial charge in [-0.15, -0.1) is 0 Å². The summed E-state index contributed by atoms with van der Waals surface area (Å²) in [5.74, 6) is 1.86. The summed E-state index contributed by atoms with van der Waals surface area (Å²) >= 11 is 0. The molecule has 10 nitrogen and oxygen atoms in total. The number of anilines is 3. The molecule has 0 radical (unpaired) electrons. The molecule has 2 aliphatic rings. The number of rotatable bonds is 7. The molecule has 2 fully saturated rings. The van der Waals surface area contributed by atoms with E-state index >= 15 is 0 Å². The molecule has 2 N–H and O–H groups in total. The number of carboxylic acids is 1. The molecular weight excluding hydrogens is 422 g/mol. The van der Waals surface area contributed by atoms with Gasteiger partial charge in [-0.3, -0.25) is 0 Å². The summed E-state index contributed by atoms with van der Waals surface area (Å²) in [5, 5.41) is 13.4. The normalized spacial score (nSPS) is 16.1. The van der Waals surface area contributed by atoms with Gasteiger partial charge in [0.25, 0.3) is 0 Å². The first kappa shape index (κ1) is 20.9. The molecule has 10 heteroatoms. The lowest BCUT2D eigenvalue weighted by Gasteiger charge is -2.20. The van der Waals surface area contributed by atoms with Gasteiger partial charge in [-0.1, -0.05) is 12.1 Å². The Labute approximate surface area is 191 Å². The van der Waals surface area contributed by atoms with Gasteiger partial charge in [0.2, 0.25) is 17.8 Å². The summed E-state index contributed by atoms with van der Waals surface area (Å²) in [5.41, 5.74) is 3.80. The van der Waals surface area contributed by atoms with Crippen molar-refractivity contribution in [2.45, 2.75) is 25.7 Å². The van der Waals surface area contributed by atoms with Crippen LogP contribution >= 0.6 is 0 Å². The fourth-order valence-electron chi connectivity index (χ4n) is 4.06. The molecule has 3 aromatic rings. The third-order valence-corrected chi connectivity index (χ3v) is 5.77. The zero-order valence-electron chi connectivity index (χ0n) is 18.1. The second-order valence-electron chi connectivity index (χ2n) is 8.11. The maximum Gasteiger partial charge on any atom is 0.335 e. The Bertz CT molecular complexity index is 1130. The average molecular weight is 447 g/mol. The topological polar surface area (TPSA) is 120 Å². The van der Waals surface area contributed by atoms with Gasteiger partial charge in [-0.25, -0.2) is 10.2 Å². The molecule has 0 amide bonds. The molecular formula is C23H25N7O3. The fourth-order valence-corrected chi connectivity index (χ4v) is 4.06. The molecule has 0 aliphatic carbocycles. The van der Waals surface area contributed by atoms with E-state index in [2.05, 4.69) is 30.3 Å². The van der Waals surface area contributed by atoms with Gasteiger partial charge < -0.3 is 19.3 Å². The van der Waals surface area contributed by atoms with E-state index in [-0.39, 0.29) is 5.56 Å². The maximum absolute atomic E-state index is 11.2.